The van der Waals surface area contributed by atoms with E-state index < -0.39 is 0 Å². The van der Waals surface area contributed by atoms with Crippen molar-refractivity contribution in [3.8, 4) is 17.6 Å². The van der Waals surface area contributed by atoms with E-state index in [1.54, 1.807) is 0 Å². The Morgan fingerprint density at radius 2 is 2.00 bits per heavy atom. The highest BCUT2D eigenvalue weighted by molar-refractivity contribution is 5.55. The van der Waals surface area contributed by atoms with Crippen molar-refractivity contribution in [3.05, 3.63) is 29.8 Å². The van der Waals surface area contributed by atoms with Crippen LogP contribution in [0.25, 0.3) is 0 Å². The van der Waals surface area contributed by atoms with Gasteiger partial charge in [0.15, 0.2) is 0 Å². The fourth-order valence-electron chi connectivity index (χ4n) is 1.08. The zero-order chi connectivity index (χ0) is 11.1. The van der Waals surface area contributed by atoms with Gasteiger partial charge in [0.25, 0.3) is 0 Å². The van der Waals surface area contributed by atoms with Crippen LogP contribution in [0.15, 0.2) is 24.3 Å². The maximum atomic E-state index is 10.0. The monoisotopic (exact) mass is 202 g/mol. The summed E-state index contributed by atoms with van der Waals surface area (Å²) < 4.78 is 5.49. The molecule has 78 valence electrons. The topological polar surface area (TPSA) is 26.3 Å². The number of rotatable bonds is 3. The lowest BCUT2D eigenvalue weighted by atomic mass is 10.2. The van der Waals surface area contributed by atoms with Crippen molar-refractivity contribution >= 4 is 6.29 Å². The Balaban J connectivity index is 2.65. The van der Waals surface area contributed by atoms with E-state index in [2.05, 4.69) is 11.8 Å². The normalized spacial score (nSPS) is 9.27. The maximum absolute atomic E-state index is 10.0. The van der Waals surface area contributed by atoms with Crippen molar-refractivity contribution in [1.82, 2.24) is 0 Å². The summed E-state index contributed by atoms with van der Waals surface area (Å²) >= 11 is 0. The van der Waals surface area contributed by atoms with Gasteiger partial charge in [-0.1, -0.05) is 11.8 Å². The minimum atomic E-state index is 0.178. The minimum Gasteiger partial charge on any atom is -0.491 e. The zero-order valence-electron chi connectivity index (χ0n) is 8.99. The highest BCUT2D eigenvalue weighted by Crippen LogP contribution is 2.12. The quantitative estimate of drug-likeness (QED) is 0.555. The molecule has 0 fully saturated rings. The first kappa shape index (κ1) is 11.3. The van der Waals surface area contributed by atoms with Crippen LogP contribution in [0.2, 0.25) is 0 Å². The minimum absolute atomic E-state index is 0.178. The molecule has 0 bridgehead atoms. The summed E-state index contributed by atoms with van der Waals surface area (Å²) in [4.78, 5) is 10.0. The van der Waals surface area contributed by atoms with Gasteiger partial charge in [0.05, 0.1) is 12.5 Å². The number of ether oxygens (including phenoxy) is 1. The molecule has 0 spiro atoms. The number of hydrogen-bond acceptors (Lipinski definition) is 2. The fraction of sp³-hybridized carbons (Fsp3) is 0.308. The molecule has 0 aliphatic heterocycles. The molecule has 0 saturated carbocycles. The molecule has 15 heavy (non-hydrogen) atoms. The van der Waals surface area contributed by atoms with Gasteiger partial charge in [0.1, 0.15) is 12.0 Å². The summed E-state index contributed by atoms with van der Waals surface area (Å²) in [5.41, 5.74) is 0.896. The van der Waals surface area contributed by atoms with E-state index in [-0.39, 0.29) is 12.5 Å². The summed E-state index contributed by atoms with van der Waals surface area (Å²) in [5, 5.41) is 0. The van der Waals surface area contributed by atoms with Gasteiger partial charge in [0, 0.05) is 5.56 Å². The summed E-state index contributed by atoms with van der Waals surface area (Å²) in [6.07, 6.45) is 1.25. The molecule has 0 unspecified atom stereocenters. The van der Waals surface area contributed by atoms with E-state index in [9.17, 15) is 4.79 Å². The second-order valence-corrected chi connectivity index (χ2v) is 3.36. The van der Waals surface area contributed by atoms with E-state index in [0.29, 0.717) is 0 Å². The number of aldehydes is 1. The predicted molar refractivity (Wildman–Crippen MR) is 59.8 cm³/mol. The summed E-state index contributed by atoms with van der Waals surface area (Å²) in [7, 11) is 0. The lowest BCUT2D eigenvalue weighted by Crippen LogP contribution is -2.05. The van der Waals surface area contributed by atoms with Crippen LogP contribution in [0.4, 0.5) is 0 Å². The molecule has 2 heteroatoms. The summed E-state index contributed by atoms with van der Waals surface area (Å²) in [6, 6.07) is 7.53. The number of carbonyl (C=O) groups excluding carboxylic acids is 1. The maximum Gasteiger partial charge on any atom is 0.131 e. The van der Waals surface area contributed by atoms with Gasteiger partial charge in [-0.3, -0.25) is 0 Å². The van der Waals surface area contributed by atoms with Gasteiger partial charge in [-0.2, -0.15) is 0 Å². The van der Waals surface area contributed by atoms with Crippen molar-refractivity contribution in [2.45, 2.75) is 26.4 Å². The van der Waals surface area contributed by atoms with Crippen molar-refractivity contribution in [2.24, 2.45) is 0 Å². The summed E-state index contributed by atoms with van der Waals surface area (Å²) in [6.45, 7) is 3.97. The molecule has 0 aromatic heterocycles. The van der Waals surface area contributed by atoms with Gasteiger partial charge in [-0.15, -0.1) is 0 Å². The van der Waals surface area contributed by atoms with Crippen molar-refractivity contribution in [3.63, 3.8) is 0 Å². The predicted octanol–water partition coefficient (Wildman–Crippen LogP) is 2.41. The zero-order valence-corrected chi connectivity index (χ0v) is 8.99. The average Bonchev–Trinajstić information content (AvgIpc) is 2.20. The lowest BCUT2D eigenvalue weighted by molar-refractivity contribution is -0.107. The van der Waals surface area contributed by atoms with Crippen molar-refractivity contribution in [1.29, 1.82) is 0 Å². The Morgan fingerprint density at radius 3 is 2.53 bits per heavy atom. The Morgan fingerprint density at radius 1 is 1.33 bits per heavy atom. The molecular weight excluding hydrogens is 188 g/mol. The molecule has 0 atom stereocenters. The Bertz CT molecular complexity index is 366. The van der Waals surface area contributed by atoms with Gasteiger partial charge in [-0.05, 0) is 38.1 Å². The molecule has 0 aliphatic rings. The molecular formula is C13H14O2. The first-order chi connectivity index (χ1) is 7.22. The van der Waals surface area contributed by atoms with Crippen LogP contribution in [-0.2, 0) is 4.79 Å². The van der Waals surface area contributed by atoms with Crippen LogP contribution in [0.1, 0.15) is 25.8 Å². The first-order valence-electron chi connectivity index (χ1n) is 4.91. The lowest BCUT2D eigenvalue weighted by Gasteiger charge is -2.08. The van der Waals surface area contributed by atoms with Crippen LogP contribution < -0.4 is 4.74 Å². The third-order valence-electron chi connectivity index (χ3n) is 1.64. The second-order valence-electron chi connectivity index (χ2n) is 3.36. The van der Waals surface area contributed by atoms with Gasteiger partial charge in [-0.25, -0.2) is 0 Å². The molecule has 1 rings (SSSR count). The van der Waals surface area contributed by atoms with E-state index in [4.69, 9.17) is 4.74 Å². The van der Waals surface area contributed by atoms with E-state index in [1.807, 2.05) is 38.1 Å². The van der Waals surface area contributed by atoms with Crippen LogP contribution in [0, 0.1) is 11.8 Å². The molecule has 0 heterocycles. The van der Waals surface area contributed by atoms with E-state index in [0.717, 1.165) is 17.6 Å². The summed E-state index contributed by atoms with van der Waals surface area (Å²) in [5.74, 6) is 6.48. The highest BCUT2D eigenvalue weighted by Gasteiger charge is 1.95. The molecule has 1 aromatic carbocycles. The Hall–Kier alpha value is -1.75. The smallest absolute Gasteiger partial charge is 0.131 e. The van der Waals surface area contributed by atoms with Gasteiger partial charge in [0.2, 0.25) is 0 Å². The van der Waals surface area contributed by atoms with Crippen molar-refractivity contribution < 1.29 is 9.53 Å². The van der Waals surface area contributed by atoms with Gasteiger partial charge >= 0.3 is 0 Å². The standard InChI is InChI=1S/C13H14O2/c1-11(2)15-13-8-6-12(7-9-13)5-3-4-10-14/h6-11H,4H2,1-2H3. The van der Waals surface area contributed by atoms with Crippen LogP contribution in [0.5, 0.6) is 5.75 Å². The van der Waals surface area contributed by atoms with E-state index >= 15 is 0 Å². The molecule has 0 N–H and O–H groups in total. The molecule has 0 amide bonds. The Kier molecular flexibility index (Phi) is 4.43. The van der Waals surface area contributed by atoms with Crippen molar-refractivity contribution in [2.75, 3.05) is 0 Å². The van der Waals surface area contributed by atoms with E-state index in [1.165, 1.54) is 0 Å². The molecule has 0 aliphatic carbocycles. The second kappa shape index (κ2) is 5.87. The molecule has 0 radical (unpaired) electrons. The number of benzene rings is 1. The third-order valence-corrected chi connectivity index (χ3v) is 1.64. The molecule has 2 nitrogen and oxygen atoms in total. The average molecular weight is 202 g/mol. The molecule has 1 aromatic rings. The SMILES string of the molecule is CC(C)Oc1ccc(C#CCC=O)cc1. The molecule has 0 saturated heterocycles. The number of hydrogen-bond donors (Lipinski definition) is 0. The largest absolute Gasteiger partial charge is 0.491 e. The van der Waals surface area contributed by atoms with Crippen LogP contribution in [-0.4, -0.2) is 12.4 Å². The Labute approximate surface area is 90.3 Å². The number of carbonyl (C=O) groups is 1. The highest BCUT2D eigenvalue weighted by atomic mass is 16.5. The van der Waals surface area contributed by atoms with Crippen LogP contribution >= 0.6 is 0 Å². The first-order valence-corrected chi connectivity index (χ1v) is 4.91. The van der Waals surface area contributed by atoms with Crippen LogP contribution in [0.3, 0.4) is 0 Å². The fourth-order valence-corrected chi connectivity index (χ4v) is 1.08. The van der Waals surface area contributed by atoms with Gasteiger partial charge < -0.3 is 9.53 Å². The third kappa shape index (κ3) is 4.33.